The third-order valence-electron chi connectivity index (χ3n) is 3.60. The van der Waals surface area contributed by atoms with Crippen molar-refractivity contribution in [2.45, 2.75) is 60.0 Å². The van der Waals surface area contributed by atoms with E-state index in [4.69, 9.17) is 5.73 Å². The summed E-state index contributed by atoms with van der Waals surface area (Å²) in [6.07, 6.45) is 0.626. The predicted octanol–water partition coefficient (Wildman–Crippen LogP) is 0.258. The molecule has 0 saturated carbocycles. The minimum Gasteiger partial charge on any atom is -0.394 e. The van der Waals surface area contributed by atoms with Gasteiger partial charge in [-0.25, -0.2) is 0 Å². The van der Waals surface area contributed by atoms with Crippen LogP contribution in [0.2, 0.25) is 0 Å². The number of aliphatic hydroxyl groups is 1. The molecule has 0 radical (unpaired) electrons. The maximum Gasteiger partial charge on any atom is 0.245 e. The fourth-order valence-electron chi connectivity index (χ4n) is 2.78. The molecule has 0 aromatic heterocycles. The number of aliphatic hydroxyl groups excluding tert-OH is 1. The highest BCUT2D eigenvalue weighted by atomic mass is 16.3. The fraction of sp³-hybridized carbons (Fsp3) is 0.812. The Morgan fingerprint density at radius 1 is 1.17 bits per heavy atom. The van der Waals surface area contributed by atoms with Crippen LogP contribution in [-0.4, -0.2) is 53.5 Å². The van der Waals surface area contributed by atoms with Gasteiger partial charge >= 0.3 is 0 Å². The van der Waals surface area contributed by atoms with Gasteiger partial charge in [0.05, 0.1) is 6.61 Å². The largest absolute Gasteiger partial charge is 0.394 e. The van der Waals surface area contributed by atoms with Crippen molar-refractivity contribution >= 4 is 17.7 Å². The summed E-state index contributed by atoms with van der Waals surface area (Å²) in [5.41, 5.74) is 4.36. The molecule has 0 bridgehead atoms. The van der Waals surface area contributed by atoms with E-state index in [9.17, 15) is 19.5 Å². The number of rotatable bonds is 7. The first-order valence-electron chi connectivity index (χ1n) is 7.71. The number of hydrogen-bond acceptors (Lipinski definition) is 4. The Kier molecular flexibility index (Phi) is 7.22. The van der Waals surface area contributed by atoms with Crippen LogP contribution in [0.1, 0.15) is 48.0 Å². The first-order chi connectivity index (χ1) is 10.2. The average molecular weight is 329 g/mol. The Bertz CT molecular complexity index is 455. The Labute approximate surface area is 138 Å². The molecular formula is C16H31N3O4. The summed E-state index contributed by atoms with van der Waals surface area (Å²) in [5, 5.41) is 11.9. The molecule has 0 aromatic carbocycles. The third kappa shape index (κ3) is 6.56. The van der Waals surface area contributed by atoms with Crippen LogP contribution in [0, 0.1) is 10.8 Å². The topological polar surface area (TPSA) is 113 Å². The molecule has 0 aliphatic heterocycles. The lowest BCUT2D eigenvalue weighted by molar-refractivity contribution is -0.148. The van der Waals surface area contributed by atoms with Crippen LogP contribution in [-0.2, 0) is 14.4 Å². The highest BCUT2D eigenvalue weighted by Gasteiger charge is 2.38. The summed E-state index contributed by atoms with van der Waals surface area (Å²) < 4.78 is 0. The summed E-state index contributed by atoms with van der Waals surface area (Å²) in [4.78, 5) is 37.1. The highest BCUT2D eigenvalue weighted by Crippen LogP contribution is 2.34. The minimum atomic E-state index is -1.07. The molecule has 134 valence electrons. The molecule has 0 aromatic rings. The van der Waals surface area contributed by atoms with Crippen molar-refractivity contribution in [2.75, 3.05) is 13.7 Å². The van der Waals surface area contributed by atoms with Crippen molar-refractivity contribution in [3.05, 3.63) is 0 Å². The molecule has 3 amide bonds. The molecule has 0 rings (SSSR count). The van der Waals surface area contributed by atoms with Gasteiger partial charge in [-0.2, -0.15) is 0 Å². The first kappa shape index (κ1) is 21.4. The van der Waals surface area contributed by atoms with Gasteiger partial charge in [0.1, 0.15) is 12.1 Å². The van der Waals surface area contributed by atoms with E-state index >= 15 is 0 Å². The van der Waals surface area contributed by atoms with Gasteiger partial charge in [0.15, 0.2) is 0 Å². The molecule has 7 heteroatoms. The minimum absolute atomic E-state index is 0.0581. The zero-order valence-corrected chi connectivity index (χ0v) is 15.3. The number of nitrogens with one attached hydrogen (secondary N) is 1. The van der Waals surface area contributed by atoms with E-state index in [1.807, 2.05) is 34.6 Å². The summed E-state index contributed by atoms with van der Waals surface area (Å²) in [6, 6.07) is -1.94. The van der Waals surface area contributed by atoms with E-state index in [0.29, 0.717) is 6.42 Å². The van der Waals surface area contributed by atoms with Gasteiger partial charge in [-0.05, 0) is 18.8 Å². The molecule has 7 nitrogen and oxygen atoms in total. The van der Waals surface area contributed by atoms with Crippen LogP contribution < -0.4 is 11.1 Å². The maximum absolute atomic E-state index is 12.7. The number of carbonyl (C=O) groups is 3. The van der Waals surface area contributed by atoms with Crippen LogP contribution in [0.4, 0.5) is 0 Å². The molecular weight excluding hydrogens is 298 g/mol. The third-order valence-corrected chi connectivity index (χ3v) is 3.60. The first-order valence-corrected chi connectivity index (χ1v) is 7.71. The summed E-state index contributed by atoms with van der Waals surface area (Å²) in [7, 11) is 1.47. The van der Waals surface area contributed by atoms with Gasteiger partial charge in [-0.15, -0.1) is 0 Å². The Morgan fingerprint density at radius 3 is 2.00 bits per heavy atom. The molecule has 0 fully saturated rings. The molecule has 2 unspecified atom stereocenters. The molecule has 4 N–H and O–H groups in total. The van der Waals surface area contributed by atoms with E-state index in [1.165, 1.54) is 18.9 Å². The van der Waals surface area contributed by atoms with Crippen molar-refractivity contribution < 1.29 is 19.5 Å². The van der Waals surface area contributed by atoms with Crippen LogP contribution in [0.25, 0.3) is 0 Å². The van der Waals surface area contributed by atoms with Crippen molar-refractivity contribution in [3.63, 3.8) is 0 Å². The average Bonchev–Trinajstić information content (AvgIpc) is 2.35. The lowest BCUT2D eigenvalue weighted by Crippen LogP contribution is -2.56. The van der Waals surface area contributed by atoms with E-state index in [2.05, 4.69) is 5.32 Å². The maximum atomic E-state index is 12.7. The Hall–Kier alpha value is -1.63. The lowest BCUT2D eigenvalue weighted by Gasteiger charge is -2.37. The molecule has 0 spiro atoms. The van der Waals surface area contributed by atoms with Gasteiger partial charge in [0.25, 0.3) is 0 Å². The number of amides is 3. The molecule has 0 aliphatic rings. The van der Waals surface area contributed by atoms with Crippen LogP contribution >= 0.6 is 0 Å². The summed E-state index contributed by atoms with van der Waals surface area (Å²) in [5.74, 6) is -1.54. The number of carbonyl (C=O) groups excluding carboxylic acids is 3. The van der Waals surface area contributed by atoms with Gasteiger partial charge in [-0.3, -0.25) is 14.4 Å². The zero-order chi connectivity index (χ0) is 18.6. The number of hydrogen-bond donors (Lipinski definition) is 3. The molecule has 0 saturated heterocycles. The monoisotopic (exact) mass is 329 g/mol. The second kappa shape index (κ2) is 7.77. The van der Waals surface area contributed by atoms with Gasteiger partial charge < -0.3 is 21.1 Å². The molecule has 23 heavy (non-hydrogen) atoms. The van der Waals surface area contributed by atoms with E-state index in [0.717, 1.165) is 0 Å². The van der Waals surface area contributed by atoms with Gasteiger partial charge in [0.2, 0.25) is 17.7 Å². The van der Waals surface area contributed by atoms with E-state index in [-0.39, 0.29) is 11.3 Å². The van der Waals surface area contributed by atoms with Crippen molar-refractivity contribution in [2.24, 2.45) is 16.6 Å². The molecule has 0 heterocycles. The number of nitrogens with zero attached hydrogens (tertiary/aromatic N) is 1. The molecule has 2 atom stereocenters. The van der Waals surface area contributed by atoms with Crippen molar-refractivity contribution in [3.8, 4) is 0 Å². The SMILES string of the molecule is CC(NC(=O)C(CO)N(C)C(=O)C(C)(C)CC(C)(C)C)C(N)=O. The predicted molar refractivity (Wildman–Crippen MR) is 88.3 cm³/mol. The normalized spacial score (nSPS) is 14.8. The van der Waals surface area contributed by atoms with Crippen LogP contribution in [0.15, 0.2) is 0 Å². The number of primary amides is 1. The number of likely N-dealkylation sites (N-methyl/N-ethyl adjacent to an activating group) is 1. The van der Waals surface area contributed by atoms with E-state index in [1.54, 1.807) is 0 Å². The lowest BCUT2D eigenvalue weighted by atomic mass is 9.75. The van der Waals surface area contributed by atoms with Gasteiger partial charge in [-0.1, -0.05) is 34.6 Å². The van der Waals surface area contributed by atoms with Crippen molar-refractivity contribution in [1.82, 2.24) is 10.2 Å². The summed E-state index contributed by atoms with van der Waals surface area (Å²) in [6.45, 7) is 10.6. The Morgan fingerprint density at radius 2 is 1.65 bits per heavy atom. The van der Waals surface area contributed by atoms with Crippen molar-refractivity contribution in [1.29, 1.82) is 0 Å². The second-order valence-electron chi connectivity index (χ2n) is 7.87. The quantitative estimate of drug-likeness (QED) is 0.621. The summed E-state index contributed by atoms with van der Waals surface area (Å²) >= 11 is 0. The number of nitrogens with two attached hydrogens (primary N) is 1. The van der Waals surface area contributed by atoms with Crippen LogP contribution in [0.5, 0.6) is 0 Å². The Balaban J connectivity index is 5.14. The van der Waals surface area contributed by atoms with E-state index < -0.39 is 35.9 Å². The zero-order valence-electron chi connectivity index (χ0n) is 15.3. The highest BCUT2D eigenvalue weighted by molar-refractivity contribution is 5.92. The smallest absolute Gasteiger partial charge is 0.245 e. The van der Waals surface area contributed by atoms with Crippen LogP contribution in [0.3, 0.4) is 0 Å². The second-order valence-corrected chi connectivity index (χ2v) is 7.87. The van der Waals surface area contributed by atoms with Gasteiger partial charge in [0, 0.05) is 12.5 Å². The fourth-order valence-corrected chi connectivity index (χ4v) is 2.78. The standard InChI is InChI=1S/C16H31N3O4/c1-10(12(17)21)18-13(22)11(8-20)19(7)14(23)16(5,6)9-15(2,3)4/h10-11,20H,8-9H2,1-7H3,(H2,17,21)(H,18,22). The molecule has 0 aliphatic carbocycles.